The number of likely N-dealkylation sites (tertiary alicyclic amines) is 1. The molecule has 2 saturated heterocycles. The van der Waals surface area contributed by atoms with E-state index in [-0.39, 0.29) is 29.9 Å². The monoisotopic (exact) mass is 486 g/mol. The first-order valence-electron chi connectivity index (χ1n) is 12.7. The number of nitrogens with one attached hydrogen (secondary N) is 1. The Morgan fingerprint density at radius 1 is 1.03 bits per heavy atom. The summed E-state index contributed by atoms with van der Waals surface area (Å²) in [5.41, 5.74) is 1.25. The molecule has 35 heavy (non-hydrogen) atoms. The fourth-order valence-electron chi connectivity index (χ4n) is 3.64. The van der Waals surface area contributed by atoms with Gasteiger partial charge in [0.05, 0.1) is 12.0 Å². The van der Waals surface area contributed by atoms with E-state index < -0.39 is 5.60 Å². The van der Waals surface area contributed by atoms with Crippen LogP contribution in [0, 0.1) is 11.8 Å². The first-order chi connectivity index (χ1) is 16.7. The van der Waals surface area contributed by atoms with Crippen LogP contribution in [0.4, 0.5) is 4.79 Å². The lowest BCUT2D eigenvalue weighted by molar-refractivity contribution is -0.134. The van der Waals surface area contributed by atoms with Crippen LogP contribution >= 0.6 is 0 Å². The van der Waals surface area contributed by atoms with Crippen LogP contribution in [0.1, 0.15) is 91.2 Å². The summed E-state index contributed by atoms with van der Waals surface area (Å²) in [5.74, 6) is 5.37. The van der Waals surface area contributed by atoms with Gasteiger partial charge in [0.1, 0.15) is 12.2 Å². The van der Waals surface area contributed by atoms with Gasteiger partial charge in [-0.25, -0.2) is 4.79 Å². The van der Waals surface area contributed by atoms with E-state index in [9.17, 15) is 14.4 Å². The van der Waals surface area contributed by atoms with Crippen molar-refractivity contribution in [1.29, 1.82) is 0 Å². The maximum absolute atomic E-state index is 12.1. The van der Waals surface area contributed by atoms with Crippen LogP contribution in [-0.4, -0.2) is 54.2 Å². The molecule has 3 rings (SSSR count). The van der Waals surface area contributed by atoms with E-state index in [0.717, 1.165) is 24.0 Å². The Kier molecular flexibility index (Phi) is 13.1. The molecule has 1 N–H and O–H groups in total. The first kappa shape index (κ1) is 30.2. The van der Waals surface area contributed by atoms with Crippen molar-refractivity contribution < 1.29 is 23.9 Å². The third-order valence-corrected chi connectivity index (χ3v) is 5.27. The standard InChI is InChI=1S/C24H30N2O5.2C2H6/c1-24(2,3)31-23(29)26-14-12-19(13-15-26)30-16-4-5-17-6-8-18(9-7-17)20-10-11-21(27)25-22(20)28;2*1-2/h6-9,19-20H,10-16H2,1-3H3,(H,25,27,28);2*1-2H3. The van der Waals surface area contributed by atoms with Gasteiger partial charge in [0.25, 0.3) is 0 Å². The fourth-order valence-corrected chi connectivity index (χ4v) is 3.64. The second-order valence-electron chi connectivity index (χ2n) is 8.91. The lowest BCUT2D eigenvalue weighted by Crippen LogP contribution is -2.43. The van der Waals surface area contributed by atoms with Crippen LogP contribution < -0.4 is 5.32 Å². The summed E-state index contributed by atoms with van der Waals surface area (Å²) in [6, 6.07) is 7.53. The minimum atomic E-state index is -0.486. The van der Waals surface area contributed by atoms with Crippen molar-refractivity contribution in [3.05, 3.63) is 35.4 Å². The van der Waals surface area contributed by atoms with Gasteiger partial charge in [-0.1, -0.05) is 51.7 Å². The highest BCUT2D eigenvalue weighted by molar-refractivity contribution is 6.00. The number of nitrogens with zero attached hydrogens (tertiary/aromatic N) is 1. The molecule has 1 aromatic carbocycles. The number of hydrogen-bond donors (Lipinski definition) is 1. The number of benzene rings is 1. The molecule has 2 aliphatic rings. The Morgan fingerprint density at radius 2 is 1.63 bits per heavy atom. The quantitative estimate of drug-likeness (QED) is 0.479. The van der Waals surface area contributed by atoms with Crippen LogP contribution in [0.5, 0.6) is 0 Å². The molecule has 194 valence electrons. The summed E-state index contributed by atoms with van der Waals surface area (Å²) in [6.07, 6.45) is 2.25. The Morgan fingerprint density at radius 3 is 2.17 bits per heavy atom. The number of ether oxygens (including phenoxy) is 2. The molecule has 1 atom stereocenters. The van der Waals surface area contributed by atoms with E-state index in [0.29, 0.717) is 32.5 Å². The second-order valence-corrected chi connectivity index (χ2v) is 8.91. The molecule has 3 amide bonds. The average Bonchev–Trinajstić information content (AvgIpc) is 2.84. The molecule has 1 unspecified atom stereocenters. The van der Waals surface area contributed by atoms with E-state index in [1.165, 1.54) is 0 Å². The van der Waals surface area contributed by atoms with Crippen LogP contribution in [0.15, 0.2) is 24.3 Å². The Balaban J connectivity index is 0.00000145. The summed E-state index contributed by atoms with van der Waals surface area (Å²) >= 11 is 0. The molecular formula is C28H42N2O5. The van der Waals surface area contributed by atoms with E-state index in [1.807, 2.05) is 72.7 Å². The molecule has 2 heterocycles. The van der Waals surface area contributed by atoms with Gasteiger partial charge < -0.3 is 14.4 Å². The number of carbonyl (C=O) groups excluding carboxylic acids is 3. The van der Waals surface area contributed by atoms with Gasteiger partial charge in [0.15, 0.2) is 0 Å². The van der Waals surface area contributed by atoms with Crippen molar-refractivity contribution in [1.82, 2.24) is 10.2 Å². The van der Waals surface area contributed by atoms with Gasteiger partial charge in [-0.2, -0.15) is 0 Å². The Bertz CT molecular complexity index is 869. The van der Waals surface area contributed by atoms with Gasteiger partial charge in [-0.05, 0) is 57.7 Å². The topological polar surface area (TPSA) is 84.9 Å². The zero-order chi connectivity index (χ0) is 26.4. The molecule has 0 spiro atoms. The molecule has 0 radical (unpaired) electrons. The van der Waals surface area contributed by atoms with E-state index >= 15 is 0 Å². The maximum atomic E-state index is 12.1. The first-order valence-corrected chi connectivity index (χ1v) is 12.7. The lowest BCUT2D eigenvalue weighted by Gasteiger charge is -2.33. The number of imide groups is 1. The van der Waals surface area contributed by atoms with Crippen molar-refractivity contribution in [2.75, 3.05) is 19.7 Å². The molecule has 0 aromatic heterocycles. The lowest BCUT2D eigenvalue weighted by atomic mass is 9.90. The van der Waals surface area contributed by atoms with Gasteiger partial charge >= 0.3 is 6.09 Å². The summed E-state index contributed by atoms with van der Waals surface area (Å²) in [6.45, 7) is 15.2. The molecule has 0 saturated carbocycles. The highest BCUT2D eigenvalue weighted by Crippen LogP contribution is 2.24. The molecule has 7 nitrogen and oxygen atoms in total. The molecule has 1 aromatic rings. The summed E-state index contributed by atoms with van der Waals surface area (Å²) in [7, 11) is 0. The van der Waals surface area contributed by atoms with E-state index in [2.05, 4.69) is 17.2 Å². The zero-order valence-electron chi connectivity index (χ0n) is 22.4. The predicted octanol–water partition coefficient (Wildman–Crippen LogP) is 5.03. The Labute approximate surface area is 210 Å². The molecule has 0 aliphatic carbocycles. The second kappa shape index (κ2) is 15.2. The van der Waals surface area contributed by atoms with Gasteiger partial charge in [0.2, 0.25) is 11.8 Å². The Hall–Kier alpha value is -2.85. The third kappa shape index (κ3) is 10.5. The highest BCUT2D eigenvalue weighted by Gasteiger charge is 2.28. The SMILES string of the molecule is CC.CC.CC(C)(C)OC(=O)N1CCC(OCC#Cc2ccc(C3CCC(=O)NC3=O)cc2)CC1. The summed E-state index contributed by atoms with van der Waals surface area (Å²) in [5, 5.41) is 2.38. The molecule has 7 heteroatoms. The van der Waals surface area contributed by atoms with Gasteiger partial charge in [0, 0.05) is 25.1 Å². The van der Waals surface area contributed by atoms with Crippen LogP contribution in [0.3, 0.4) is 0 Å². The fraction of sp³-hybridized carbons (Fsp3) is 0.607. The number of hydrogen-bond acceptors (Lipinski definition) is 5. The van der Waals surface area contributed by atoms with Crippen molar-refractivity contribution in [3.63, 3.8) is 0 Å². The summed E-state index contributed by atoms with van der Waals surface area (Å²) in [4.78, 5) is 37.1. The number of carbonyl (C=O) groups is 3. The largest absolute Gasteiger partial charge is 0.444 e. The van der Waals surface area contributed by atoms with Crippen molar-refractivity contribution in [2.45, 2.75) is 91.8 Å². The van der Waals surface area contributed by atoms with E-state index in [1.54, 1.807) is 4.90 Å². The van der Waals surface area contributed by atoms with Crippen molar-refractivity contribution in [2.24, 2.45) is 0 Å². The minimum Gasteiger partial charge on any atom is -0.444 e. The van der Waals surface area contributed by atoms with Crippen molar-refractivity contribution in [3.8, 4) is 11.8 Å². The predicted molar refractivity (Wildman–Crippen MR) is 138 cm³/mol. The normalized spacial score (nSPS) is 18.0. The maximum Gasteiger partial charge on any atom is 0.410 e. The number of rotatable bonds is 3. The molecule has 2 fully saturated rings. The number of amides is 3. The van der Waals surface area contributed by atoms with Gasteiger partial charge in [-0.15, -0.1) is 0 Å². The minimum absolute atomic E-state index is 0.0860. The van der Waals surface area contributed by atoms with Crippen LogP contribution in [-0.2, 0) is 19.1 Å². The van der Waals surface area contributed by atoms with E-state index in [4.69, 9.17) is 9.47 Å². The molecular weight excluding hydrogens is 444 g/mol. The highest BCUT2D eigenvalue weighted by atomic mass is 16.6. The molecule has 2 aliphatic heterocycles. The van der Waals surface area contributed by atoms with Gasteiger partial charge in [-0.3, -0.25) is 14.9 Å². The number of piperidine rings is 2. The average molecular weight is 487 g/mol. The van der Waals surface area contributed by atoms with Crippen LogP contribution in [0.25, 0.3) is 0 Å². The summed E-state index contributed by atoms with van der Waals surface area (Å²) < 4.78 is 11.2. The zero-order valence-corrected chi connectivity index (χ0v) is 22.4. The molecule has 0 bridgehead atoms. The van der Waals surface area contributed by atoms with Crippen LogP contribution in [0.2, 0.25) is 0 Å². The smallest absolute Gasteiger partial charge is 0.410 e. The third-order valence-electron chi connectivity index (χ3n) is 5.27. The van der Waals surface area contributed by atoms with Crippen molar-refractivity contribution >= 4 is 17.9 Å².